The number of rotatable bonds is 10. The fraction of sp³-hybridized carbons (Fsp3) is 0.765. The normalized spacial score (nSPS) is 11.4. The molecule has 0 atom stereocenters. The molecule has 1 N–H and O–H groups in total. The summed E-state index contributed by atoms with van der Waals surface area (Å²) in [7, 11) is 0. The van der Waals surface area contributed by atoms with Crippen LogP contribution in [0.5, 0.6) is 0 Å². The van der Waals surface area contributed by atoms with E-state index in [0.29, 0.717) is 12.0 Å². The maximum atomic E-state index is 4.77. The van der Waals surface area contributed by atoms with Crippen LogP contribution in [0.1, 0.15) is 59.6 Å². The fourth-order valence-corrected chi connectivity index (χ4v) is 2.28. The minimum atomic E-state index is 0.454. The third-order valence-corrected chi connectivity index (χ3v) is 3.45. The zero-order valence-electron chi connectivity index (χ0n) is 14.4. The van der Waals surface area contributed by atoms with Crippen molar-refractivity contribution < 1.29 is 0 Å². The minimum absolute atomic E-state index is 0.454. The Morgan fingerprint density at radius 2 is 1.90 bits per heavy atom. The van der Waals surface area contributed by atoms with E-state index in [1.165, 1.54) is 19.3 Å². The van der Waals surface area contributed by atoms with E-state index < -0.39 is 0 Å². The van der Waals surface area contributed by atoms with Gasteiger partial charge in [0.25, 0.3) is 0 Å². The number of nitrogens with zero attached hydrogens (tertiary/aromatic N) is 3. The highest BCUT2D eigenvalue weighted by atomic mass is 15.2. The first-order valence-electron chi connectivity index (χ1n) is 8.32. The van der Waals surface area contributed by atoms with E-state index in [0.717, 1.165) is 31.1 Å². The van der Waals surface area contributed by atoms with Crippen molar-refractivity contribution in [2.45, 2.75) is 66.5 Å². The summed E-state index contributed by atoms with van der Waals surface area (Å²) in [6.07, 6.45) is 7.48. The maximum absolute atomic E-state index is 4.77. The lowest BCUT2D eigenvalue weighted by Crippen LogP contribution is -2.33. The molecular weight excluding hydrogens is 260 g/mol. The molecule has 0 fully saturated rings. The first-order valence-corrected chi connectivity index (χ1v) is 8.32. The average molecular weight is 292 g/mol. The third-order valence-electron chi connectivity index (χ3n) is 3.45. The summed E-state index contributed by atoms with van der Waals surface area (Å²) < 4.78 is 0. The molecule has 0 amide bonds. The summed E-state index contributed by atoms with van der Waals surface area (Å²) in [4.78, 5) is 11.5. The molecule has 4 heteroatoms. The fourth-order valence-electron chi connectivity index (χ4n) is 2.28. The molecule has 4 nitrogen and oxygen atoms in total. The Morgan fingerprint density at radius 3 is 2.52 bits per heavy atom. The molecule has 1 heterocycles. The number of unbranched alkanes of at least 4 members (excludes halogenated alkanes) is 2. The lowest BCUT2D eigenvalue weighted by Gasteiger charge is -2.28. The Balaban J connectivity index is 2.65. The van der Waals surface area contributed by atoms with Crippen molar-refractivity contribution >= 4 is 5.82 Å². The van der Waals surface area contributed by atoms with Crippen molar-refractivity contribution in [2.75, 3.05) is 18.0 Å². The largest absolute Gasteiger partial charge is 0.353 e. The Morgan fingerprint density at radius 1 is 1.14 bits per heavy atom. The lowest BCUT2D eigenvalue weighted by atomic mass is 10.2. The SMILES string of the molecule is CCCCCN(c1cncc(CNCC(C)C)n1)C(C)C. The van der Waals surface area contributed by atoms with Crippen molar-refractivity contribution in [1.29, 1.82) is 0 Å². The van der Waals surface area contributed by atoms with Gasteiger partial charge in [-0.2, -0.15) is 0 Å². The van der Waals surface area contributed by atoms with Crippen molar-refractivity contribution in [3.63, 3.8) is 0 Å². The van der Waals surface area contributed by atoms with Crippen molar-refractivity contribution in [1.82, 2.24) is 15.3 Å². The average Bonchev–Trinajstić information content (AvgIpc) is 2.43. The van der Waals surface area contributed by atoms with Crippen LogP contribution in [-0.2, 0) is 6.54 Å². The number of nitrogens with one attached hydrogen (secondary N) is 1. The molecule has 1 rings (SSSR count). The van der Waals surface area contributed by atoms with Gasteiger partial charge in [-0.3, -0.25) is 4.98 Å². The van der Waals surface area contributed by atoms with E-state index in [-0.39, 0.29) is 0 Å². The molecular formula is C17H32N4. The second-order valence-corrected chi connectivity index (χ2v) is 6.39. The first kappa shape index (κ1) is 17.9. The van der Waals surface area contributed by atoms with E-state index in [1.807, 2.05) is 12.4 Å². The highest BCUT2D eigenvalue weighted by molar-refractivity contribution is 5.37. The molecule has 0 spiro atoms. The summed E-state index contributed by atoms with van der Waals surface area (Å²) in [5.74, 6) is 1.66. The maximum Gasteiger partial charge on any atom is 0.147 e. The summed E-state index contributed by atoms with van der Waals surface area (Å²) in [5.41, 5.74) is 1.02. The Hall–Kier alpha value is -1.16. The standard InChI is InChI=1S/C17H32N4/c1-6-7-8-9-21(15(4)5)17-13-19-12-16(20-17)11-18-10-14(2)3/h12-15,18H,6-11H2,1-5H3. The van der Waals surface area contributed by atoms with Gasteiger partial charge in [0, 0.05) is 25.3 Å². The molecule has 0 radical (unpaired) electrons. The molecule has 0 aliphatic heterocycles. The van der Waals surface area contributed by atoms with Gasteiger partial charge in [-0.1, -0.05) is 33.6 Å². The van der Waals surface area contributed by atoms with Crippen LogP contribution in [0.15, 0.2) is 12.4 Å². The third kappa shape index (κ3) is 6.89. The summed E-state index contributed by atoms with van der Waals surface area (Å²) in [5, 5.41) is 3.43. The van der Waals surface area contributed by atoms with Gasteiger partial charge in [-0.15, -0.1) is 0 Å². The second-order valence-electron chi connectivity index (χ2n) is 6.39. The molecule has 0 unspecified atom stereocenters. The van der Waals surface area contributed by atoms with Crippen LogP contribution in [0, 0.1) is 5.92 Å². The van der Waals surface area contributed by atoms with E-state index in [2.05, 4.69) is 49.8 Å². The van der Waals surface area contributed by atoms with E-state index in [9.17, 15) is 0 Å². The Bertz CT molecular complexity index is 390. The Labute approximate surface area is 130 Å². The van der Waals surface area contributed by atoms with Crippen molar-refractivity contribution in [2.24, 2.45) is 5.92 Å². The van der Waals surface area contributed by atoms with E-state index in [1.54, 1.807) is 0 Å². The van der Waals surface area contributed by atoms with Gasteiger partial charge in [0.2, 0.25) is 0 Å². The van der Waals surface area contributed by atoms with Crippen LogP contribution in [0.4, 0.5) is 5.82 Å². The molecule has 0 saturated heterocycles. The summed E-state index contributed by atoms with van der Waals surface area (Å²) >= 11 is 0. The quantitative estimate of drug-likeness (QED) is 0.669. The molecule has 0 aliphatic rings. The van der Waals surface area contributed by atoms with Gasteiger partial charge in [0.15, 0.2) is 0 Å². The number of hydrogen-bond donors (Lipinski definition) is 1. The molecule has 21 heavy (non-hydrogen) atoms. The van der Waals surface area contributed by atoms with Gasteiger partial charge in [0.1, 0.15) is 5.82 Å². The highest BCUT2D eigenvalue weighted by Crippen LogP contribution is 2.15. The molecule has 0 aromatic carbocycles. The van der Waals surface area contributed by atoms with Crippen LogP contribution in [0.25, 0.3) is 0 Å². The predicted octanol–water partition coefficient (Wildman–Crippen LogP) is 3.63. The molecule has 0 bridgehead atoms. The second kappa shape index (κ2) is 9.72. The van der Waals surface area contributed by atoms with Crippen LogP contribution in [0.2, 0.25) is 0 Å². The first-order chi connectivity index (χ1) is 10.0. The van der Waals surface area contributed by atoms with Crippen LogP contribution < -0.4 is 10.2 Å². The summed E-state index contributed by atoms with van der Waals surface area (Å²) in [6.45, 7) is 14.0. The van der Waals surface area contributed by atoms with Crippen LogP contribution in [-0.4, -0.2) is 29.1 Å². The topological polar surface area (TPSA) is 41.1 Å². The van der Waals surface area contributed by atoms with E-state index >= 15 is 0 Å². The Kier molecular flexibility index (Phi) is 8.28. The molecule has 0 aliphatic carbocycles. The highest BCUT2D eigenvalue weighted by Gasteiger charge is 2.12. The lowest BCUT2D eigenvalue weighted by molar-refractivity contribution is 0.546. The molecule has 1 aromatic rings. The minimum Gasteiger partial charge on any atom is -0.353 e. The van der Waals surface area contributed by atoms with Gasteiger partial charge in [0.05, 0.1) is 11.9 Å². The molecule has 0 saturated carbocycles. The van der Waals surface area contributed by atoms with Gasteiger partial charge in [-0.05, 0) is 32.7 Å². The number of aromatic nitrogens is 2. The predicted molar refractivity (Wildman–Crippen MR) is 90.6 cm³/mol. The number of anilines is 1. The van der Waals surface area contributed by atoms with Crippen LogP contribution >= 0.6 is 0 Å². The van der Waals surface area contributed by atoms with Gasteiger partial charge in [-0.25, -0.2) is 4.98 Å². The smallest absolute Gasteiger partial charge is 0.147 e. The van der Waals surface area contributed by atoms with Crippen molar-refractivity contribution in [3.8, 4) is 0 Å². The molecule has 1 aromatic heterocycles. The zero-order valence-corrected chi connectivity index (χ0v) is 14.4. The van der Waals surface area contributed by atoms with E-state index in [4.69, 9.17) is 4.98 Å². The zero-order chi connectivity index (χ0) is 15.7. The van der Waals surface area contributed by atoms with Crippen LogP contribution in [0.3, 0.4) is 0 Å². The number of hydrogen-bond acceptors (Lipinski definition) is 4. The summed E-state index contributed by atoms with van der Waals surface area (Å²) in [6, 6.07) is 0.454. The molecule has 120 valence electrons. The van der Waals surface area contributed by atoms with Gasteiger partial charge < -0.3 is 10.2 Å². The monoisotopic (exact) mass is 292 g/mol. The van der Waals surface area contributed by atoms with Crippen molar-refractivity contribution in [3.05, 3.63) is 18.1 Å². The van der Waals surface area contributed by atoms with Gasteiger partial charge >= 0.3 is 0 Å².